The maximum Gasteiger partial charge on any atom is 0.306 e. The Labute approximate surface area is 324 Å². The van der Waals surface area contributed by atoms with Crippen molar-refractivity contribution in [3.8, 4) is 0 Å². The van der Waals surface area contributed by atoms with Gasteiger partial charge in [0.15, 0.2) is 12.4 Å². The normalized spacial score (nSPS) is 21.6. The Kier molecular flexibility index (Phi) is 28.8. The number of hydrogen-bond acceptors (Lipinski definition) is 11. The van der Waals surface area contributed by atoms with Crippen molar-refractivity contribution in [2.45, 2.75) is 166 Å². The van der Waals surface area contributed by atoms with Crippen LogP contribution in [0.1, 0.15) is 129 Å². The zero-order valence-corrected chi connectivity index (χ0v) is 33.4. The third-order valence-corrected chi connectivity index (χ3v) is 9.36. The molecule has 0 radical (unpaired) electrons. The first-order valence-electron chi connectivity index (χ1n) is 19.8. The molecule has 0 spiro atoms. The number of carbonyl (C=O) groups is 2. The second-order valence-corrected chi connectivity index (χ2v) is 15.1. The summed E-state index contributed by atoms with van der Waals surface area (Å²) in [5.41, 5.74) is 0. The summed E-state index contributed by atoms with van der Waals surface area (Å²) in [6, 6.07) is 0. The fourth-order valence-corrected chi connectivity index (χ4v) is 6.17. The molecule has 54 heavy (non-hydrogen) atoms. The van der Waals surface area contributed by atoms with Gasteiger partial charge >= 0.3 is 11.9 Å². The second-order valence-electron chi connectivity index (χ2n) is 13.6. The van der Waals surface area contributed by atoms with Crippen LogP contribution in [0.4, 0.5) is 0 Å². The first-order valence-corrected chi connectivity index (χ1v) is 21.5. The van der Waals surface area contributed by atoms with E-state index in [4.69, 9.17) is 18.9 Å². The molecule has 6 atom stereocenters. The molecule has 2 unspecified atom stereocenters. The Hall–Kier alpha value is -2.65. The van der Waals surface area contributed by atoms with Gasteiger partial charge in [-0.1, -0.05) is 126 Å². The highest BCUT2D eigenvalue weighted by Gasteiger charge is 2.46. The van der Waals surface area contributed by atoms with Crippen molar-refractivity contribution in [2.24, 2.45) is 0 Å². The molecule has 0 aromatic carbocycles. The molecular formula is C41H68O12S. The van der Waals surface area contributed by atoms with Gasteiger partial charge in [0, 0.05) is 12.8 Å². The fourth-order valence-electron chi connectivity index (χ4n) is 5.48. The minimum Gasteiger partial charge on any atom is -0.462 e. The van der Waals surface area contributed by atoms with Gasteiger partial charge in [-0.15, -0.1) is 0 Å². The minimum atomic E-state index is -4.61. The predicted octanol–water partition coefficient (Wildman–Crippen LogP) is 7.00. The summed E-state index contributed by atoms with van der Waals surface area (Å²) in [5, 5.41) is 30.7. The van der Waals surface area contributed by atoms with Gasteiger partial charge < -0.3 is 34.3 Å². The van der Waals surface area contributed by atoms with E-state index in [9.17, 15) is 37.9 Å². The van der Waals surface area contributed by atoms with Gasteiger partial charge in [-0.3, -0.25) is 14.1 Å². The van der Waals surface area contributed by atoms with Crippen molar-refractivity contribution >= 4 is 22.1 Å². The SMILES string of the molecule is CCCCC/C=C/C/C=C/C/C=C/C/C=C/C/C=C/CCC(=O)O[C@H](COC(=O)CCCCCCCCC)CO[C@H]1O[C@H](CS(=O)(=O)O)[C@@H](O)C(O)C1O. The highest BCUT2D eigenvalue weighted by atomic mass is 32.2. The molecule has 0 saturated carbocycles. The molecule has 1 fully saturated rings. The topological polar surface area (TPSA) is 186 Å². The molecule has 12 nitrogen and oxygen atoms in total. The molecular weight excluding hydrogens is 717 g/mol. The average Bonchev–Trinajstić information content (AvgIpc) is 3.13. The van der Waals surface area contributed by atoms with Crippen LogP contribution in [0.25, 0.3) is 0 Å². The van der Waals surface area contributed by atoms with Crippen LogP contribution in [0.15, 0.2) is 60.8 Å². The maximum atomic E-state index is 12.7. The number of rotatable bonds is 31. The van der Waals surface area contributed by atoms with Crippen molar-refractivity contribution < 1.29 is 56.8 Å². The highest BCUT2D eigenvalue weighted by molar-refractivity contribution is 7.85. The number of ether oxygens (including phenoxy) is 4. The van der Waals surface area contributed by atoms with Crippen molar-refractivity contribution in [2.75, 3.05) is 19.0 Å². The van der Waals surface area contributed by atoms with Crippen LogP contribution >= 0.6 is 0 Å². The Balaban J connectivity index is 2.54. The lowest BCUT2D eigenvalue weighted by Crippen LogP contribution is -2.60. The van der Waals surface area contributed by atoms with E-state index in [1.54, 1.807) is 0 Å². The number of aliphatic hydroxyl groups is 3. The number of unbranched alkanes of at least 4 members (excludes halogenated alkanes) is 9. The number of esters is 2. The molecule has 0 aromatic heterocycles. The Morgan fingerprint density at radius 1 is 0.630 bits per heavy atom. The monoisotopic (exact) mass is 784 g/mol. The summed E-state index contributed by atoms with van der Waals surface area (Å²) in [6.07, 6.45) is 27.5. The largest absolute Gasteiger partial charge is 0.462 e. The molecule has 0 aromatic rings. The summed E-state index contributed by atoms with van der Waals surface area (Å²) in [6.45, 7) is 3.58. The molecule has 1 rings (SSSR count). The van der Waals surface area contributed by atoms with E-state index < -0.39 is 71.2 Å². The highest BCUT2D eigenvalue weighted by Crippen LogP contribution is 2.23. The molecule has 1 saturated heterocycles. The van der Waals surface area contributed by atoms with Crippen LogP contribution in [0.5, 0.6) is 0 Å². The number of allylic oxidation sites excluding steroid dienone is 10. The van der Waals surface area contributed by atoms with Gasteiger partial charge in [0.25, 0.3) is 10.1 Å². The molecule has 0 amide bonds. The average molecular weight is 785 g/mol. The van der Waals surface area contributed by atoms with Crippen molar-refractivity contribution in [3.05, 3.63) is 60.8 Å². The lowest BCUT2D eigenvalue weighted by Gasteiger charge is -2.40. The molecule has 1 aliphatic rings. The lowest BCUT2D eigenvalue weighted by atomic mass is 10.00. The number of aliphatic hydroxyl groups excluding tert-OH is 3. The van der Waals surface area contributed by atoms with Crippen molar-refractivity contribution in [1.82, 2.24) is 0 Å². The zero-order chi connectivity index (χ0) is 39.9. The van der Waals surface area contributed by atoms with Gasteiger partial charge in [0.1, 0.15) is 36.8 Å². The first-order chi connectivity index (χ1) is 26.0. The fraction of sp³-hybridized carbons (Fsp3) is 0.707. The van der Waals surface area contributed by atoms with Crippen LogP contribution in [-0.4, -0.2) is 96.0 Å². The minimum absolute atomic E-state index is 0.0392. The van der Waals surface area contributed by atoms with Crippen molar-refractivity contribution in [1.29, 1.82) is 0 Å². The second kappa shape index (κ2) is 31.5. The van der Waals surface area contributed by atoms with Crippen molar-refractivity contribution in [3.63, 3.8) is 0 Å². The van der Waals surface area contributed by atoms with Gasteiger partial charge in [-0.25, -0.2) is 0 Å². The molecule has 0 bridgehead atoms. The summed E-state index contributed by atoms with van der Waals surface area (Å²) in [7, 11) is -4.61. The van der Waals surface area contributed by atoms with Crippen LogP contribution in [0.2, 0.25) is 0 Å². The molecule has 1 aliphatic heterocycles. The molecule has 13 heteroatoms. The standard InChI is InChI=1S/C41H68O12S/c1-3-5-7-9-11-12-13-14-15-16-17-18-19-20-21-22-24-26-28-30-37(43)52-34(31-50-36(42)29-27-25-23-10-8-6-4-2)32-51-41-40(46)39(45)38(44)35(53-41)33-54(47,48)49/h11-12,14-15,17-18,20-21,24,26,34-35,38-41,44-46H,3-10,13,16,19,22-23,25,27-33H2,1-2H3,(H,47,48,49)/b12-11+,15-14+,18-17+,21-20+,26-24+/t34-,35-,38-,39?,40?,41+/m1/s1. The Bertz CT molecular complexity index is 1240. The van der Waals surface area contributed by atoms with E-state index in [1.807, 2.05) is 18.2 Å². The zero-order valence-electron chi connectivity index (χ0n) is 32.5. The third-order valence-electron chi connectivity index (χ3n) is 8.61. The van der Waals surface area contributed by atoms with Gasteiger partial charge in [-0.2, -0.15) is 8.42 Å². The first kappa shape index (κ1) is 49.4. The molecule has 310 valence electrons. The van der Waals surface area contributed by atoms with E-state index in [2.05, 4.69) is 56.4 Å². The van der Waals surface area contributed by atoms with Crippen LogP contribution in [0.3, 0.4) is 0 Å². The van der Waals surface area contributed by atoms with E-state index in [0.717, 1.165) is 51.4 Å². The molecule has 0 aliphatic carbocycles. The van der Waals surface area contributed by atoms with Gasteiger partial charge in [0.05, 0.1) is 6.61 Å². The summed E-state index contributed by atoms with van der Waals surface area (Å²) in [5.74, 6) is -2.11. The Morgan fingerprint density at radius 2 is 1.15 bits per heavy atom. The van der Waals surface area contributed by atoms with Gasteiger partial charge in [0.2, 0.25) is 0 Å². The van der Waals surface area contributed by atoms with E-state index in [1.165, 1.54) is 32.1 Å². The van der Waals surface area contributed by atoms with Crippen LogP contribution in [0, 0.1) is 0 Å². The third kappa shape index (κ3) is 26.2. The van der Waals surface area contributed by atoms with Crippen LogP contribution in [-0.2, 0) is 38.7 Å². The smallest absolute Gasteiger partial charge is 0.306 e. The predicted molar refractivity (Wildman–Crippen MR) is 210 cm³/mol. The quantitative estimate of drug-likeness (QED) is 0.0245. The Morgan fingerprint density at radius 3 is 1.72 bits per heavy atom. The maximum absolute atomic E-state index is 12.7. The number of hydrogen-bond donors (Lipinski definition) is 4. The molecule has 4 N–H and O–H groups in total. The van der Waals surface area contributed by atoms with Gasteiger partial charge in [-0.05, 0) is 51.4 Å². The van der Waals surface area contributed by atoms with Crippen LogP contribution < -0.4 is 0 Å². The molecule has 1 heterocycles. The lowest BCUT2D eigenvalue weighted by molar-refractivity contribution is -0.297. The van der Waals surface area contributed by atoms with E-state index >= 15 is 0 Å². The summed E-state index contributed by atoms with van der Waals surface area (Å²) < 4.78 is 53.6. The van der Waals surface area contributed by atoms with E-state index in [0.29, 0.717) is 19.3 Å². The van der Waals surface area contributed by atoms with E-state index in [-0.39, 0.29) is 19.4 Å². The summed E-state index contributed by atoms with van der Waals surface area (Å²) in [4.78, 5) is 25.1. The summed E-state index contributed by atoms with van der Waals surface area (Å²) >= 11 is 0. The number of carbonyl (C=O) groups excluding carboxylic acids is 2.